The predicted molar refractivity (Wildman–Crippen MR) is 125 cm³/mol. The minimum atomic E-state index is -0.302. The summed E-state index contributed by atoms with van der Waals surface area (Å²) in [4.78, 5) is 30.0. The maximum absolute atomic E-state index is 12.7. The van der Waals surface area contributed by atoms with Gasteiger partial charge in [-0.2, -0.15) is 5.10 Å². The second-order valence-corrected chi connectivity index (χ2v) is 8.09. The second-order valence-electron chi connectivity index (χ2n) is 7.01. The average molecular weight is 464 g/mol. The van der Waals surface area contributed by atoms with E-state index in [2.05, 4.69) is 20.7 Å². The summed E-state index contributed by atoms with van der Waals surface area (Å²) in [5.41, 5.74) is 2.91. The van der Waals surface area contributed by atoms with E-state index in [0.29, 0.717) is 26.9 Å². The number of amides is 2. The third kappa shape index (κ3) is 5.43. The van der Waals surface area contributed by atoms with Gasteiger partial charge in [-0.3, -0.25) is 9.59 Å². The van der Waals surface area contributed by atoms with Crippen LogP contribution >= 0.6 is 11.3 Å². The standard InChI is InChI=1S/C23H21N5O4S/c1-15-12-18(32-11-10-29)6-7-19(15)27-23(31)21-9-8-20(33-21)22(30)26-16-2-4-17(5-3-16)28-14-24-13-25-28/h2-9,12-14,29H,10-11H2,1H3,(H,26,30)(H,27,31). The van der Waals surface area contributed by atoms with E-state index in [-0.39, 0.29) is 25.0 Å². The molecule has 0 unspecified atom stereocenters. The number of aliphatic hydroxyl groups is 1. The average Bonchev–Trinajstić information content (AvgIpc) is 3.52. The molecule has 0 saturated heterocycles. The molecular weight excluding hydrogens is 442 g/mol. The van der Waals surface area contributed by atoms with Crippen molar-refractivity contribution >= 4 is 34.5 Å². The molecule has 2 aromatic heterocycles. The highest BCUT2D eigenvalue weighted by Gasteiger charge is 2.15. The van der Waals surface area contributed by atoms with Crippen molar-refractivity contribution in [1.82, 2.24) is 14.8 Å². The van der Waals surface area contributed by atoms with Gasteiger partial charge < -0.3 is 20.5 Å². The van der Waals surface area contributed by atoms with Crippen LogP contribution in [-0.2, 0) is 0 Å². The first kappa shape index (κ1) is 22.2. The van der Waals surface area contributed by atoms with Crippen LogP contribution in [0.15, 0.2) is 67.3 Å². The summed E-state index contributed by atoms with van der Waals surface area (Å²) in [6.45, 7) is 1.99. The number of aryl methyl sites for hydroxylation is 1. The number of rotatable bonds is 8. The van der Waals surface area contributed by atoms with Crippen LogP contribution in [0.4, 0.5) is 11.4 Å². The lowest BCUT2D eigenvalue weighted by Gasteiger charge is -2.10. The highest BCUT2D eigenvalue weighted by Crippen LogP contribution is 2.24. The highest BCUT2D eigenvalue weighted by atomic mass is 32.1. The molecule has 2 aromatic carbocycles. The molecule has 10 heteroatoms. The molecule has 0 spiro atoms. The molecule has 4 aromatic rings. The topological polar surface area (TPSA) is 118 Å². The number of aromatic nitrogens is 3. The second kappa shape index (κ2) is 10.1. The number of aliphatic hydroxyl groups excluding tert-OH is 1. The van der Waals surface area contributed by atoms with Gasteiger partial charge in [0.05, 0.1) is 22.0 Å². The van der Waals surface area contributed by atoms with Crippen LogP contribution < -0.4 is 15.4 Å². The predicted octanol–water partition coefficient (Wildman–Crippen LogP) is 3.51. The van der Waals surface area contributed by atoms with E-state index in [0.717, 1.165) is 22.6 Å². The Labute approximate surface area is 193 Å². The van der Waals surface area contributed by atoms with Crippen molar-refractivity contribution in [2.45, 2.75) is 6.92 Å². The van der Waals surface area contributed by atoms with Gasteiger partial charge in [0.15, 0.2) is 0 Å². The quantitative estimate of drug-likeness (QED) is 0.368. The van der Waals surface area contributed by atoms with Crippen LogP contribution in [0.25, 0.3) is 5.69 Å². The van der Waals surface area contributed by atoms with E-state index >= 15 is 0 Å². The third-order valence-corrected chi connectivity index (χ3v) is 5.75. The molecule has 0 aliphatic rings. The first-order valence-electron chi connectivity index (χ1n) is 10.1. The number of carbonyl (C=O) groups is 2. The van der Waals surface area contributed by atoms with Crippen LogP contribution in [0.2, 0.25) is 0 Å². The minimum Gasteiger partial charge on any atom is -0.491 e. The number of carbonyl (C=O) groups excluding carboxylic acids is 2. The molecule has 0 aliphatic heterocycles. The van der Waals surface area contributed by atoms with Crippen molar-refractivity contribution in [3.05, 3.63) is 82.6 Å². The lowest BCUT2D eigenvalue weighted by Crippen LogP contribution is -2.12. The molecule has 0 radical (unpaired) electrons. The maximum Gasteiger partial charge on any atom is 0.265 e. The molecule has 2 heterocycles. The van der Waals surface area contributed by atoms with Gasteiger partial charge in [-0.1, -0.05) is 0 Å². The minimum absolute atomic E-state index is 0.0693. The number of benzene rings is 2. The molecule has 4 rings (SSSR count). The largest absolute Gasteiger partial charge is 0.491 e. The number of anilines is 2. The van der Waals surface area contributed by atoms with E-state index in [9.17, 15) is 9.59 Å². The summed E-state index contributed by atoms with van der Waals surface area (Å²) in [6.07, 6.45) is 3.04. The molecule has 33 heavy (non-hydrogen) atoms. The Hall–Kier alpha value is -4.02. The van der Waals surface area contributed by atoms with E-state index < -0.39 is 0 Å². The summed E-state index contributed by atoms with van der Waals surface area (Å²) in [5.74, 6) is 0.0152. The van der Waals surface area contributed by atoms with Gasteiger partial charge >= 0.3 is 0 Å². The molecule has 3 N–H and O–H groups in total. The summed E-state index contributed by atoms with van der Waals surface area (Å²) < 4.78 is 6.99. The van der Waals surface area contributed by atoms with Crippen LogP contribution in [0.1, 0.15) is 24.9 Å². The van der Waals surface area contributed by atoms with Crippen molar-refractivity contribution in [2.75, 3.05) is 23.8 Å². The fourth-order valence-corrected chi connectivity index (χ4v) is 3.82. The molecule has 0 saturated carbocycles. The van der Waals surface area contributed by atoms with Crippen molar-refractivity contribution in [3.8, 4) is 11.4 Å². The number of hydrogen-bond acceptors (Lipinski definition) is 7. The van der Waals surface area contributed by atoms with Gasteiger partial charge in [0.2, 0.25) is 0 Å². The zero-order valence-electron chi connectivity index (χ0n) is 17.7. The van der Waals surface area contributed by atoms with E-state index in [1.54, 1.807) is 53.5 Å². The Balaban J connectivity index is 1.38. The Morgan fingerprint density at radius 1 is 1.03 bits per heavy atom. The normalized spacial score (nSPS) is 10.6. The summed E-state index contributed by atoms with van der Waals surface area (Å²) >= 11 is 1.11. The fourth-order valence-electron chi connectivity index (χ4n) is 3.03. The van der Waals surface area contributed by atoms with E-state index in [1.165, 1.54) is 6.33 Å². The van der Waals surface area contributed by atoms with Crippen molar-refractivity contribution in [1.29, 1.82) is 0 Å². The SMILES string of the molecule is Cc1cc(OCCO)ccc1NC(=O)c1ccc(C(=O)Nc2ccc(-n3cncn3)cc2)s1. The van der Waals surface area contributed by atoms with Crippen molar-refractivity contribution in [2.24, 2.45) is 0 Å². The summed E-state index contributed by atoms with van der Waals surface area (Å²) in [5, 5.41) is 18.6. The van der Waals surface area contributed by atoms with Crippen LogP contribution in [-0.4, -0.2) is 44.9 Å². The maximum atomic E-state index is 12.7. The first-order chi connectivity index (χ1) is 16.0. The Bertz CT molecular complexity index is 1250. The summed E-state index contributed by atoms with van der Waals surface area (Å²) in [7, 11) is 0. The highest BCUT2D eigenvalue weighted by molar-refractivity contribution is 7.16. The number of nitrogens with zero attached hydrogens (tertiary/aromatic N) is 3. The van der Waals surface area contributed by atoms with Crippen molar-refractivity contribution in [3.63, 3.8) is 0 Å². The smallest absolute Gasteiger partial charge is 0.265 e. The molecular formula is C23H21N5O4S. The molecule has 168 valence electrons. The molecule has 0 bridgehead atoms. The van der Waals surface area contributed by atoms with Crippen LogP contribution in [0.5, 0.6) is 5.75 Å². The Kier molecular flexibility index (Phi) is 6.77. The number of nitrogens with one attached hydrogen (secondary N) is 2. The molecule has 9 nitrogen and oxygen atoms in total. The van der Waals surface area contributed by atoms with Gasteiger partial charge in [0.1, 0.15) is 25.0 Å². The lowest BCUT2D eigenvalue weighted by molar-refractivity contribution is 0.102. The number of ether oxygens (including phenoxy) is 1. The zero-order chi connectivity index (χ0) is 23.2. The Morgan fingerprint density at radius 3 is 2.39 bits per heavy atom. The monoisotopic (exact) mass is 463 g/mol. The van der Waals surface area contributed by atoms with E-state index in [4.69, 9.17) is 9.84 Å². The van der Waals surface area contributed by atoms with Gasteiger partial charge in [0, 0.05) is 11.4 Å². The zero-order valence-corrected chi connectivity index (χ0v) is 18.5. The van der Waals surface area contributed by atoms with Crippen LogP contribution in [0, 0.1) is 6.92 Å². The third-order valence-electron chi connectivity index (χ3n) is 4.67. The summed E-state index contributed by atoms with van der Waals surface area (Å²) in [6, 6.07) is 15.7. The van der Waals surface area contributed by atoms with Crippen LogP contribution in [0.3, 0.4) is 0 Å². The van der Waals surface area contributed by atoms with Gasteiger partial charge in [-0.25, -0.2) is 9.67 Å². The number of thiophene rings is 1. The van der Waals surface area contributed by atoms with Gasteiger partial charge in [-0.05, 0) is 67.1 Å². The van der Waals surface area contributed by atoms with Gasteiger partial charge in [0.25, 0.3) is 11.8 Å². The Morgan fingerprint density at radius 2 is 1.76 bits per heavy atom. The molecule has 0 atom stereocenters. The molecule has 0 fully saturated rings. The fraction of sp³-hybridized carbons (Fsp3) is 0.130. The van der Waals surface area contributed by atoms with Gasteiger partial charge in [-0.15, -0.1) is 11.3 Å². The lowest BCUT2D eigenvalue weighted by atomic mass is 10.2. The first-order valence-corrected chi connectivity index (χ1v) is 10.9. The van der Waals surface area contributed by atoms with E-state index in [1.807, 2.05) is 19.1 Å². The molecule has 0 aliphatic carbocycles. The van der Waals surface area contributed by atoms with Crippen molar-refractivity contribution < 1.29 is 19.4 Å². The number of hydrogen-bond donors (Lipinski definition) is 3. The molecule has 2 amide bonds.